The molecule has 8 heteroatoms. The summed E-state index contributed by atoms with van der Waals surface area (Å²) in [4.78, 5) is 11.2. The number of hydrogen-bond acceptors (Lipinski definition) is 4. The van der Waals surface area contributed by atoms with Gasteiger partial charge in [0, 0.05) is 5.57 Å². The Bertz CT molecular complexity index is 380. The Hall–Kier alpha value is -0.00247. The lowest BCUT2D eigenvalue weighted by atomic mass is 10.4. The Kier molecular flexibility index (Phi) is 10.8. The maximum atomic E-state index is 11.2. The van der Waals surface area contributed by atoms with Crippen LogP contribution in [0, 0.1) is 0 Å². The summed E-state index contributed by atoms with van der Waals surface area (Å²) in [5.41, 5.74) is 0.454. The summed E-state index contributed by atoms with van der Waals surface area (Å²) >= 11 is 0. The van der Waals surface area contributed by atoms with Crippen molar-refractivity contribution in [3.8, 4) is 0 Å². The summed E-state index contributed by atoms with van der Waals surface area (Å²) in [7, 11) is -3.17. The number of hydrogen-bond donors (Lipinski definition) is 0. The zero-order valence-electron chi connectivity index (χ0n) is 15.9. The lowest BCUT2D eigenvalue weighted by molar-refractivity contribution is -0.138. The number of esters is 1. The Morgan fingerprint density at radius 3 is 2.35 bits per heavy atom. The van der Waals surface area contributed by atoms with Crippen LogP contribution >= 0.6 is 0 Å². The number of carbonyl (C=O) groups is 1. The van der Waals surface area contributed by atoms with E-state index in [2.05, 4.69) is 45.9 Å². The van der Waals surface area contributed by atoms with Gasteiger partial charge in [0.25, 0.3) is 0 Å². The fraction of sp³-hybridized carbons (Fsp3) is 0.800. The highest BCUT2D eigenvalue weighted by Gasteiger charge is 2.26. The van der Waals surface area contributed by atoms with Gasteiger partial charge in [-0.2, -0.15) is 0 Å². The largest absolute Gasteiger partial charge is 0.462 e. The van der Waals surface area contributed by atoms with Crippen molar-refractivity contribution in [1.29, 1.82) is 0 Å². The first-order valence-corrected chi connectivity index (χ1v) is 17.9. The highest BCUT2D eigenvalue weighted by atomic mass is 28.4. The highest BCUT2D eigenvalue weighted by Crippen LogP contribution is 2.18. The minimum atomic E-state index is -1.59. The monoisotopic (exact) mass is 389 g/mol. The van der Waals surface area contributed by atoms with Crippen molar-refractivity contribution in [2.45, 2.75) is 70.8 Å². The molecule has 0 aliphatic heterocycles. The fourth-order valence-electron chi connectivity index (χ4n) is 1.78. The molecule has 133 valence electrons. The molecule has 23 heavy (non-hydrogen) atoms. The molecular weight excluding hydrogens is 357 g/mol. The average molecular weight is 390 g/mol. The molecule has 0 aromatic carbocycles. The normalized spacial score (nSPS) is 12.5. The van der Waals surface area contributed by atoms with E-state index < -0.39 is 25.7 Å². The quantitative estimate of drug-likeness (QED) is 0.217. The maximum Gasteiger partial charge on any atom is 0.333 e. The minimum Gasteiger partial charge on any atom is -0.462 e. The van der Waals surface area contributed by atoms with Crippen molar-refractivity contribution >= 4 is 41.4 Å². The molecule has 0 N–H and O–H groups in total. The van der Waals surface area contributed by atoms with Crippen molar-refractivity contribution in [1.82, 2.24) is 0 Å². The molecule has 0 saturated carbocycles. The van der Waals surface area contributed by atoms with E-state index in [1.165, 1.54) is 12.1 Å². The van der Waals surface area contributed by atoms with E-state index in [1.807, 2.05) is 0 Å². The van der Waals surface area contributed by atoms with Crippen LogP contribution in [0.1, 0.15) is 13.3 Å². The van der Waals surface area contributed by atoms with Gasteiger partial charge in [0.2, 0.25) is 9.76 Å². The topological polar surface area (TPSA) is 44.8 Å². The maximum absolute atomic E-state index is 11.2. The van der Waals surface area contributed by atoms with E-state index in [-0.39, 0.29) is 5.97 Å². The standard InChI is InChI=1S/C15H33O4Si4/c1-14(2)15(16)17-10-9-11-20-18-23(7,8)13-12-21(3)19-22(4,5)6/h1,9-13H2,2-8H3. The van der Waals surface area contributed by atoms with Crippen LogP contribution in [-0.4, -0.2) is 48.0 Å². The number of ether oxygens (including phenoxy) is 1. The summed E-state index contributed by atoms with van der Waals surface area (Å²) in [6.07, 6.45) is 0.851. The fourth-order valence-corrected chi connectivity index (χ4v) is 12.9. The van der Waals surface area contributed by atoms with Crippen LogP contribution in [0.25, 0.3) is 0 Å². The van der Waals surface area contributed by atoms with Gasteiger partial charge in [-0.05, 0) is 70.8 Å². The van der Waals surface area contributed by atoms with E-state index in [4.69, 9.17) is 13.0 Å². The van der Waals surface area contributed by atoms with Crippen LogP contribution < -0.4 is 0 Å². The van der Waals surface area contributed by atoms with Gasteiger partial charge >= 0.3 is 5.97 Å². The third kappa shape index (κ3) is 14.1. The van der Waals surface area contributed by atoms with Gasteiger partial charge in [-0.3, -0.25) is 0 Å². The average Bonchev–Trinajstić information content (AvgIpc) is 2.38. The second-order valence-corrected chi connectivity index (χ2v) is 20.0. The molecular formula is C15H33O4Si4. The van der Waals surface area contributed by atoms with Gasteiger partial charge in [-0.15, -0.1) is 0 Å². The first kappa shape index (κ1) is 23.0. The van der Waals surface area contributed by atoms with Crippen molar-refractivity contribution in [2.75, 3.05) is 6.61 Å². The molecule has 0 aliphatic carbocycles. The predicted octanol–water partition coefficient (Wildman–Crippen LogP) is 4.23. The van der Waals surface area contributed by atoms with Gasteiger partial charge in [-0.25, -0.2) is 4.79 Å². The first-order chi connectivity index (χ1) is 10.4. The van der Waals surface area contributed by atoms with Gasteiger partial charge in [-0.1, -0.05) is 6.58 Å². The summed E-state index contributed by atoms with van der Waals surface area (Å²) in [5, 5.41) is 0. The van der Waals surface area contributed by atoms with Gasteiger partial charge in [0.15, 0.2) is 25.7 Å². The molecule has 0 saturated heterocycles. The lowest BCUT2D eigenvalue weighted by Gasteiger charge is -2.27. The minimum absolute atomic E-state index is 0.302. The highest BCUT2D eigenvalue weighted by molar-refractivity contribution is 6.79. The Morgan fingerprint density at radius 2 is 1.83 bits per heavy atom. The molecule has 0 bridgehead atoms. The van der Waals surface area contributed by atoms with Gasteiger partial charge in [0.05, 0.1) is 6.61 Å². The molecule has 3 radical (unpaired) electrons. The van der Waals surface area contributed by atoms with Crippen LogP contribution in [0.3, 0.4) is 0 Å². The SMILES string of the molecule is C=C(C)C(=O)OCCC[Si]O[Si](C)(C)CC[Si](C)O[Si](C)(C)C. The van der Waals surface area contributed by atoms with Gasteiger partial charge < -0.3 is 13.0 Å². The molecule has 0 aromatic heterocycles. The molecule has 0 atom stereocenters. The van der Waals surface area contributed by atoms with E-state index in [1.54, 1.807) is 6.92 Å². The summed E-state index contributed by atoms with van der Waals surface area (Å²) in [6.45, 7) is 19.3. The zero-order chi connectivity index (χ0) is 18.1. The Balaban J connectivity index is 3.80. The van der Waals surface area contributed by atoms with Crippen LogP contribution in [0.4, 0.5) is 0 Å². The van der Waals surface area contributed by atoms with Crippen LogP contribution in [0.5, 0.6) is 0 Å². The molecule has 0 heterocycles. The Labute approximate surface area is 148 Å². The molecule has 4 nitrogen and oxygen atoms in total. The molecule has 0 fully saturated rings. The summed E-state index contributed by atoms with van der Waals surface area (Å²) < 4.78 is 17.4. The molecule has 0 spiro atoms. The van der Waals surface area contributed by atoms with Gasteiger partial charge in [0.1, 0.15) is 0 Å². The van der Waals surface area contributed by atoms with E-state index >= 15 is 0 Å². The second kappa shape index (κ2) is 10.8. The van der Waals surface area contributed by atoms with Crippen LogP contribution in [0.15, 0.2) is 12.2 Å². The molecule has 0 unspecified atom stereocenters. The third-order valence-electron chi connectivity index (χ3n) is 2.91. The van der Waals surface area contributed by atoms with Crippen molar-refractivity contribution in [3.63, 3.8) is 0 Å². The van der Waals surface area contributed by atoms with Crippen molar-refractivity contribution in [3.05, 3.63) is 12.2 Å². The van der Waals surface area contributed by atoms with Crippen molar-refractivity contribution in [2.24, 2.45) is 0 Å². The zero-order valence-corrected chi connectivity index (χ0v) is 19.9. The molecule has 0 aromatic rings. The lowest BCUT2D eigenvalue weighted by Crippen LogP contribution is -2.37. The van der Waals surface area contributed by atoms with E-state index in [0.717, 1.165) is 12.5 Å². The molecule has 0 rings (SSSR count). The first-order valence-electron chi connectivity index (χ1n) is 8.18. The molecule has 0 amide bonds. The Morgan fingerprint density at radius 1 is 1.22 bits per heavy atom. The summed E-state index contributed by atoms with van der Waals surface area (Å²) in [6, 6.07) is 3.30. The third-order valence-corrected chi connectivity index (χ3v) is 13.0. The number of carbonyl (C=O) groups excluding carboxylic acids is 1. The van der Waals surface area contributed by atoms with E-state index in [9.17, 15) is 4.79 Å². The second-order valence-electron chi connectivity index (χ2n) is 7.44. The molecule has 0 aliphatic rings. The summed E-state index contributed by atoms with van der Waals surface area (Å²) in [5.74, 6) is -0.302. The van der Waals surface area contributed by atoms with E-state index in [0.29, 0.717) is 21.9 Å². The van der Waals surface area contributed by atoms with Crippen LogP contribution in [-0.2, 0) is 17.8 Å². The smallest absolute Gasteiger partial charge is 0.333 e. The predicted molar refractivity (Wildman–Crippen MR) is 105 cm³/mol. The van der Waals surface area contributed by atoms with Crippen LogP contribution in [0.2, 0.25) is 57.4 Å². The van der Waals surface area contributed by atoms with Crippen molar-refractivity contribution < 1.29 is 17.8 Å². The number of rotatable bonds is 12.